The van der Waals surface area contributed by atoms with Gasteiger partial charge in [0.2, 0.25) is 5.88 Å². The molecule has 2 aromatic heterocycles. The topological polar surface area (TPSA) is 145 Å². The van der Waals surface area contributed by atoms with Gasteiger partial charge in [-0.05, 0) is 49.8 Å². The van der Waals surface area contributed by atoms with Crippen molar-refractivity contribution in [1.82, 2.24) is 19.8 Å². The number of pyridine rings is 2. The first-order valence-corrected chi connectivity index (χ1v) is 15.1. The summed E-state index contributed by atoms with van der Waals surface area (Å²) in [4.78, 5) is 38.7. The highest BCUT2D eigenvalue weighted by atomic mass is 32.2. The number of carbonyl (C=O) groups excluding carboxylic acids is 2. The van der Waals surface area contributed by atoms with Crippen LogP contribution in [-0.2, 0) is 14.8 Å². The van der Waals surface area contributed by atoms with Gasteiger partial charge in [0.15, 0.2) is 5.03 Å². The Labute approximate surface area is 227 Å². The number of aromatic nitrogens is 2. The second-order valence-corrected chi connectivity index (χ2v) is 12.6. The van der Waals surface area contributed by atoms with E-state index in [9.17, 15) is 18.0 Å². The molecule has 208 valence electrons. The van der Waals surface area contributed by atoms with E-state index in [0.717, 1.165) is 44.6 Å². The largest absolute Gasteiger partial charge is 0.477 e. The standard InChI is InChI=1S/C27H33N5O6S/c28-39(35,36)25-4-3-19(11-29-25)26(33)31-12-21-14-32(15-22(21)13-31)27(34)20-9-23(18-1-2-18)30-24(10-20)38-16-17-5-7-37-8-6-17/h3-4,9-11,17-18,21-22H,1-2,5-8,12-16H2,(H2,28,35,36)/t21-,22?/m0/s1. The Kier molecular flexibility index (Phi) is 7.02. The zero-order valence-electron chi connectivity index (χ0n) is 21.7. The summed E-state index contributed by atoms with van der Waals surface area (Å²) < 4.78 is 34.4. The number of fused-ring (bicyclic) bond motifs is 1. The molecule has 1 aliphatic carbocycles. The number of hydrogen-bond donors (Lipinski definition) is 1. The normalized spacial score (nSPS) is 23.6. The molecule has 4 aliphatic rings. The maximum Gasteiger partial charge on any atom is 0.255 e. The van der Waals surface area contributed by atoms with Gasteiger partial charge in [0.25, 0.3) is 21.8 Å². The van der Waals surface area contributed by atoms with Crippen LogP contribution in [0.3, 0.4) is 0 Å². The number of primary sulfonamides is 1. The lowest BCUT2D eigenvalue weighted by Gasteiger charge is -2.23. The van der Waals surface area contributed by atoms with Crippen molar-refractivity contribution in [2.24, 2.45) is 22.9 Å². The van der Waals surface area contributed by atoms with Crippen LogP contribution in [0.2, 0.25) is 0 Å². The van der Waals surface area contributed by atoms with Crippen molar-refractivity contribution >= 4 is 21.8 Å². The summed E-state index contributed by atoms with van der Waals surface area (Å²) in [6.07, 6.45) is 5.36. The number of ether oxygens (including phenoxy) is 2. The molecule has 39 heavy (non-hydrogen) atoms. The Hall–Kier alpha value is -3.09. The van der Waals surface area contributed by atoms with Gasteiger partial charge in [-0.25, -0.2) is 23.5 Å². The number of rotatable bonds is 7. The first kappa shape index (κ1) is 26.1. The second kappa shape index (κ2) is 10.5. The van der Waals surface area contributed by atoms with Gasteiger partial charge in [-0.3, -0.25) is 9.59 Å². The van der Waals surface area contributed by atoms with Crippen molar-refractivity contribution in [3.05, 3.63) is 47.3 Å². The highest BCUT2D eigenvalue weighted by Crippen LogP contribution is 2.40. The van der Waals surface area contributed by atoms with E-state index in [1.54, 1.807) is 11.0 Å². The fourth-order valence-corrected chi connectivity index (χ4v) is 6.25. The van der Waals surface area contributed by atoms with Crippen LogP contribution >= 0.6 is 0 Å². The Balaban J connectivity index is 1.09. The number of amides is 2. The van der Waals surface area contributed by atoms with Gasteiger partial charge in [-0.1, -0.05) is 0 Å². The van der Waals surface area contributed by atoms with Crippen molar-refractivity contribution in [3.8, 4) is 5.88 Å². The van der Waals surface area contributed by atoms with Crippen molar-refractivity contribution in [1.29, 1.82) is 0 Å². The minimum atomic E-state index is -3.92. The minimum absolute atomic E-state index is 0.0229. The molecule has 2 amide bonds. The van der Waals surface area contributed by atoms with E-state index < -0.39 is 10.0 Å². The molecule has 2 atom stereocenters. The van der Waals surface area contributed by atoms with Crippen LogP contribution in [0.1, 0.15) is 58.0 Å². The van der Waals surface area contributed by atoms with Crippen LogP contribution in [0.4, 0.5) is 0 Å². The molecule has 0 aromatic carbocycles. The molecule has 4 fully saturated rings. The van der Waals surface area contributed by atoms with Crippen LogP contribution in [-0.4, -0.2) is 86.0 Å². The first-order chi connectivity index (χ1) is 18.7. The van der Waals surface area contributed by atoms with Crippen LogP contribution < -0.4 is 9.88 Å². The number of nitrogens with two attached hydrogens (primary N) is 1. The number of nitrogens with zero attached hydrogens (tertiary/aromatic N) is 4. The zero-order valence-corrected chi connectivity index (χ0v) is 22.5. The summed E-state index contributed by atoms with van der Waals surface area (Å²) in [6, 6.07) is 6.37. The third-order valence-electron chi connectivity index (χ3n) is 8.21. The van der Waals surface area contributed by atoms with E-state index >= 15 is 0 Å². The second-order valence-electron chi connectivity index (χ2n) is 11.1. The molecule has 0 spiro atoms. The average molecular weight is 556 g/mol. The maximum atomic E-state index is 13.6. The third kappa shape index (κ3) is 5.78. The van der Waals surface area contributed by atoms with Gasteiger partial charge in [-0.15, -0.1) is 0 Å². The third-order valence-corrected chi connectivity index (χ3v) is 9.03. The van der Waals surface area contributed by atoms with Crippen molar-refractivity contribution < 1.29 is 27.5 Å². The van der Waals surface area contributed by atoms with Gasteiger partial charge >= 0.3 is 0 Å². The molecule has 3 saturated heterocycles. The first-order valence-electron chi connectivity index (χ1n) is 13.5. The van der Waals surface area contributed by atoms with Crippen LogP contribution in [0.5, 0.6) is 5.88 Å². The molecular weight excluding hydrogens is 522 g/mol. The lowest BCUT2D eigenvalue weighted by molar-refractivity contribution is 0.0490. The van der Waals surface area contributed by atoms with E-state index in [-0.39, 0.29) is 28.7 Å². The Morgan fingerprint density at radius 2 is 1.59 bits per heavy atom. The highest BCUT2D eigenvalue weighted by Gasteiger charge is 2.43. The summed E-state index contributed by atoms with van der Waals surface area (Å²) in [5.74, 6) is 1.50. The van der Waals surface area contributed by atoms with Crippen molar-refractivity contribution in [2.75, 3.05) is 46.0 Å². The minimum Gasteiger partial charge on any atom is -0.477 e. The molecule has 5 heterocycles. The molecule has 3 aliphatic heterocycles. The molecule has 0 bridgehead atoms. The quantitative estimate of drug-likeness (QED) is 0.543. The van der Waals surface area contributed by atoms with Crippen molar-refractivity contribution in [2.45, 2.75) is 36.6 Å². The van der Waals surface area contributed by atoms with Gasteiger partial charge < -0.3 is 19.3 Å². The van der Waals surface area contributed by atoms with Crippen LogP contribution in [0.15, 0.2) is 35.5 Å². The number of hydrogen-bond acceptors (Lipinski definition) is 8. The summed E-state index contributed by atoms with van der Waals surface area (Å²) in [6.45, 7) is 4.33. The fourth-order valence-electron chi connectivity index (χ4n) is 5.79. The van der Waals surface area contributed by atoms with Gasteiger partial charge in [0, 0.05) is 80.7 Å². The monoisotopic (exact) mass is 555 g/mol. The lowest BCUT2D eigenvalue weighted by atomic mass is 10.0. The van der Waals surface area contributed by atoms with Crippen LogP contribution in [0, 0.1) is 17.8 Å². The molecule has 1 saturated carbocycles. The fraction of sp³-hybridized carbons (Fsp3) is 0.556. The maximum absolute atomic E-state index is 13.6. The molecular formula is C27H33N5O6S. The Morgan fingerprint density at radius 3 is 2.15 bits per heavy atom. The lowest BCUT2D eigenvalue weighted by Crippen LogP contribution is -2.35. The molecule has 0 radical (unpaired) electrons. The zero-order chi connectivity index (χ0) is 27.1. The SMILES string of the molecule is NS(=O)(=O)c1ccc(C(=O)N2CC3CN(C(=O)c4cc(OCC5CCOCC5)nc(C5CC5)c4)C[C@@H]3C2)cn1. The van der Waals surface area contributed by atoms with Gasteiger partial charge in [0.05, 0.1) is 12.2 Å². The summed E-state index contributed by atoms with van der Waals surface area (Å²) in [7, 11) is -3.92. The van der Waals surface area contributed by atoms with E-state index in [1.807, 2.05) is 11.0 Å². The Morgan fingerprint density at radius 1 is 0.949 bits per heavy atom. The average Bonchev–Trinajstić information content (AvgIpc) is 3.61. The molecule has 2 aromatic rings. The number of likely N-dealkylation sites (tertiary alicyclic amines) is 2. The van der Waals surface area contributed by atoms with Crippen molar-refractivity contribution in [3.63, 3.8) is 0 Å². The Bertz CT molecular complexity index is 1340. The number of sulfonamides is 1. The number of carbonyl (C=O) groups is 2. The molecule has 12 heteroatoms. The highest BCUT2D eigenvalue weighted by molar-refractivity contribution is 7.89. The van der Waals surface area contributed by atoms with Gasteiger partial charge in [-0.2, -0.15) is 0 Å². The summed E-state index contributed by atoms with van der Waals surface area (Å²) in [5.41, 5.74) is 1.86. The van der Waals surface area contributed by atoms with E-state index in [2.05, 4.69) is 4.98 Å². The molecule has 11 nitrogen and oxygen atoms in total. The predicted octanol–water partition coefficient (Wildman–Crippen LogP) is 1.65. The summed E-state index contributed by atoms with van der Waals surface area (Å²) in [5, 5.41) is 4.82. The van der Waals surface area contributed by atoms with E-state index in [1.165, 1.54) is 18.3 Å². The molecule has 1 unspecified atom stereocenters. The molecule has 2 N–H and O–H groups in total. The molecule has 6 rings (SSSR count). The van der Waals surface area contributed by atoms with Gasteiger partial charge in [0.1, 0.15) is 0 Å². The summed E-state index contributed by atoms with van der Waals surface area (Å²) >= 11 is 0. The van der Waals surface area contributed by atoms with E-state index in [0.29, 0.717) is 61.6 Å². The van der Waals surface area contributed by atoms with Crippen LogP contribution in [0.25, 0.3) is 0 Å². The smallest absolute Gasteiger partial charge is 0.255 e. The predicted molar refractivity (Wildman–Crippen MR) is 140 cm³/mol. The van der Waals surface area contributed by atoms with E-state index in [4.69, 9.17) is 19.6 Å².